The Bertz CT molecular complexity index is 393. The van der Waals surface area contributed by atoms with Gasteiger partial charge in [0.2, 0.25) is 0 Å². The molecule has 1 unspecified atom stereocenters. The number of hydrogen-bond donors (Lipinski definition) is 2. The van der Waals surface area contributed by atoms with Gasteiger partial charge < -0.3 is 20.3 Å². The van der Waals surface area contributed by atoms with E-state index in [4.69, 9.17) is 4.74 Å². The van der Waals surface area contributed by atoms with Crippen molar-refractivity contribution in [1.82, 2.24) is 20.4 Å². The molecule has 2 aliphatic heterocycles. The third kappa shape index (κ3) is 6.22. The Balaban J connectivity index is 1.68. The summed E-state index contributed by atoms with van der Waals surface area (Å²) in [5, 5.41) is 6.95. The second-order valence-corrected chi connectivity index (χ2v) is 7.81. The summed E-state index contributed by atoms with van der Waals surface area (Å²) in [6, 6.07) is 0. The van der Waals surface area contributed by atoms with Gasteiger partial charge in [-0.2, -0.15) is 0 Å². The summed E-state index contributed by atoms with van der Waals surface area (Å²) in [7, 11) is 1.85. The number of aliphatic imine (C=N–C) groups is 1. The molecule has 2 heterocycles. The van der Waals surface area contributed by atoms with Crippen LogP contribution in [0.3, 0.4) is 0 Å². The maximum absolute atomic E-state index is 5.46. The zero-order chi connectivity index (χ0) is 17.4. The van der Waals surface area contributed by atoms with Gasteiger partial charge in [-0.05, 0) is 39.2 Å². The highest BCUT2D eigenvalue weighted by molar-refractivity contribution is 5.79. The van der Waals surface area contributed by atoms with Gasteiger partial charge >= 0.3 is 0 Å². The van der Waals surface area contributed by atoms with E-state index in [1.54, 1.807) is 0 Å². The van der Waals surface area contributed by atoms with Crippen LogP contribution in [0.25, 0.3) is 0 Å². The van der Waals surface area contributed by atoms with E-state index in [0.29, 0.717) is 0 Å². The molecule has 0 aliphatic carbocycles. The van der Waals surface area contributed by atoms with Gasteiger partial charge in [-0.15, -0.1) is 0 Å². The smallest absolute Gasteiger partial charge is 0.191 e. The number of likely N-dealkylation sites (tertiary alicyclic amines) is 1. The van der Waals surface area contributed by atoms with Crippen LogP contribution in [0.2, 0.25) is 0 Å². The van der Waals surface area contributed by atoms with Crippen LogP contribution in [0.15, 0.2) is 4.99 Å². The number of guanidine groups is 1. The lowest BCUT2D eigenvalue weighted by Gasteiger charge is -2.41. The van der Waals surface area contributed by atoms with E-state index in [0.717, 1.165) is 57.8 Å². The van der Waals surface area contributed by atoms with Crippen molar-refractivity contribution in [3.8, 4) is 0 Å². The predicted molar refractivity (Wildman–Crippen MR) is 101 cm³/mol. The Morgan fingerprint density at radius 1 is 1.21 bits per heavy atom. The molecular formula is C18H37N5O. The van der Waals surface area contributed by atoms with Crippen molar-refractivity contribution in [2.75, 3.05) is 66.1 Å². The average Bonchev–Trinajstić information content (AvgIpc) is 2.59. The number of hydrogen-bond acceptors (Lipinski definition) is 4. The Morgan fingerprint density at radius 3 is 2.62 bits per heavy atom. The molecule has 2 N–H and O–H groups in total. The summed E-state index contributed by atoms with van der Waals surface area (Å²) >= 11 is 0. The Morgan fingerprint density at radius 2 is 1.96 bits per heavy atom. The molecule has 0 radical (unpaired) electrons. The summed E-state index contributed by atoms with van der Waals surface area (Å²) in [5.41, 5.74) is 0.101. The molecule has 1 atom stereocenters. The van der Waals surface area contributed by atoms with Crippen LogP contribution in [0, 0.1) is 5.92 Å². The van der Waals surface area contributed by atoms with Gasteiger partial charge in [0.05, 0.1) is 13.2 Å². The van der Waals surface area contributed by atoms with E-state index in [2.05, 4.69) is 46.2 Å². The highest BCUT2D eigenvalue weighted by Crippen LogP contribution is 2.15. The van der Waals surface area contributed by atoms with Crippen LogP contribution >= 0.6 is 0 Å². The maximum atomic E-state index is 5.46. The normalized spacial score (nSPS) is 24.8. The van der Waals surface area contributed by atoms with Crippen LogP contribution in [0.1, 0.15) is 33.6 Å². The monoisotopic (exact) mass is 339 g/mol. The van der Waals surface area contributed by atoms with Crippen molar-refractivity contribution >= 4 is 5.96 Å². The molecule has 2 saturated heterocycles. The van der Waals surface area contributed by atoms with E-state index in [1.165, 1.54) is 25.9 Å². The predicted octanol–water partition coefficient (Wildman–Crippen LogP) is 0.994. The van der Waals surface area contributed by atoms with Crippen molar-refractivity contribution in [1.29, 1.82) is 0 Å². The van der Waals surface area contributed by atoms with Crippen molar-refractivity contribution < 1.29 is 4.74 Å². The second-order valence-electron chi connectivity index (χ2n) is 7.81. The Labute approximate surface area is 148 Å². The van der Waals surface area contributed by atoms with Crippen LogP contribution in [-0.4, -0.2) is 87.4 Å². The quantitative estimate of drug-likeness (QED) is 0.558. The molecule has 2 rings (SSSR count). The lowest BCUT2D eigenvalue weighted by atomic mass is 10.0. The Hall–Kier alpha value is -0.850. The minimum Gasteiger partial charge on any atom is -0.379 e. The van der Waals surface area contributed by atoms with Crippen molar-refractivity contribution in [3.63, 3.8) is 0 Å². The summed E-state index contributed by atoms with van der Waals surface area (Å²) < 4.78 is 5.46. The number of piperidine rings is 1. The average molecular weight is 340 g/mol. The number of ether oxygens (including phenoxy) is 1. The van der Waals surface area contributed by atoms with Gasteiger partial charge in [0.15, 0.2) is 5.96 Å². The van der Waals surface area contributed by atoms with Crippen molar-refractivity contribution in [3.05, 3.63) is 0 Å². The molecule has 0 spiro atoms. The van der Waals surface area contributed by atoms with Gasteiger partial charge in [-0.3, -0.25) is 9.89 Å². The van der Waals surface area contributed by atoms with Crippen LogP contribution < -0.4 is 10.6 Å². The molecule has 2 aliphatic rings. The molecule has 24 heavy (non-hydrogen) atoms. The summed E-state index contributed by atoms with van der Waals surface area (Å²) in [4.78, 5) is 9.42. The molecule has 0 bridgehead atoms. The number of nitrogens with zero attached hydrogens (tertiary/aromatic N) is 3. The standard InChI is InChI=1S/C18H37N5O/c1-16-6-5-8-22(14-16)9-7-20-17(19-4)21-15-18(2,3)23-10-12-24-13-11-23/h16H,5-15H2,1-4H3,(H2,19,20,21). The van der Waals surface area contributed by atoms with E-state index < -0.39 is 0 Å². The highest BCUT2D eigenvalue weighted by atomic mass is 16.5. The lowest BCUT2D eigenvalue weighted by molar-refractivity contribution is -0.00834. The third-order valence-corrected chi connectivity index (χ3v) is 5.24. The summed E-state index contributed by atoms with van der Waals surface area (Å²) in [6.07, 6.45) is 2.71. The molecule has 0 aromatic heterocycles. The zero-order valence-corrected chi connectivity index (χ0v) is 16.1. The molecule has 0 aromatic carbocycles. The van der Waals surface area contributed by atoms with Gasteiger partial charge in [0, 0.05) is 51.9 Å². The lowest BCUT2D eigenvalue weighted by Crippen LogP contribution is -2.56. The first kappa shape index (κ1) is 19.5. The molecule has 0 saturated carbocycles. The zero-order valence-electron chi connectivity index (χ0n) is 16.1. The minimum atomic E-state index is 0.101. The number of morpholine rings is 1. The molecule has 0 aromatic rings. The summed E-state index contributed by atoms with van der Waals surface area (Å²) in [5.74, 6) is 1.74. The van der Waals surface area contributed by atoms with E-state index in [1.807, 2.05) is 7.05 Å². The SMILES string of the molecule is CN=C(NCCN1CCCC(C)C1)NCC(C)(C)N1CCOCC1. The highest BCUT2D eigenvalue weighted by Gasteiger charge is 2.28. The number of nitrogens with one attached hydrogen (secondary N) is 2. The fourth-order valence-electron chi connectivity index (χ4n) is 3.62. The van der Waals surface area contributed by atoms with Crippen LogP contribution in [0.5, 0.6) is 0 Å². The van der Waals surface area contributed by atoms with Gasteiger partial charge in [0.25, 0.3) is 0 Å². The van der Waals surface area contributed by atoms with Crippen molar-refractivity contribution in [2.45, 2.75) is 39.2 Å². The van der Waals surface area contributed by atoms with Gasteiger partial charge in [-0.25, -0.2) is 0 Å². The molecule has 0 amide bonds. The largest absolute Gasteiger partial charge is 0.379 e. The van der Waals surface area contributed by atoms with Gasteiger partial charge in [-0.1, -0.05) is 6.92 Å². The minimum absolute atomic E-state index is 0.101. The first-order chi connectivity index (χ1) is 11.5. The van der Waals surface area contributed by atoms with E-state index in [9.17, 15) is 0 Å². The summed E-state index contributed by atoms with van der Waals surface area (Å²) in [6.45, 7) is 16.0. The first-order valence-corrected chi connectivity index (χ1v) is 9.51. The topological polar surface area (TPSA) is 52.1 Å². The molecule has 6 heteroatoms. The van der Waals surface area contributed by atoms with E-state index in [-0.39, 0.29) is 5.54 Å². The number of rotatable bonds is 6. The molecule has 6 nitrogen and oxygen atoms in total. The first-order valence-electron chi connectivity index (χ1n) is 9.51. The van der Waals surface area contributed by atoms with Gasteiger partial charge in [0.1, 0.15) is 0 Å². The fraction of sp³-hybridized carbons (Fsp3) is 0.944. The maximum Gasteiger partial charge on any atom is 0.191 e. The molecule has 2 fully saturated rings. The molecular weight excluding hydrogens is 302 g/mol. The Kier molecular flexibility index (Phi) is 7.78. The van der Waals surface area contributed by atoms with E-state index >= 15 is 0 Å². The second kappa shape index (κ2) is 9.59. The van der Waals surface area contributed by atoms with Crippen LogP contribution in [-0.2, 0) is 4.74 Å². The fourth-order valence-corrected chi connectivity index (χ4v) is 3.62. The van der Waals surface area contributed by atoms with Crippen molar-refractivity contribution in [2.24, 2.45) is 10.9 Å². The molecule has 140 valence electrons. The third-order valence-electron chi connectivity index (χ3n) is 5.24. The van der Waals surface area contributed by atoms with Crippen LogP contribution in [0.4, 0.5) is 0 Å².